The molecule has 2 heterocycles. The molecule has 0 radical (unpaired) electrons. The van der Waals surface area contributed by atoms with Crippen molar-refractivity contribution in [2.24, 2.45) is 0 Å². The standard InChI is InChI=1S/C14H21N3O2S/c1-12(18)17-8-6-16(7-9-17)11-14(19)15-5-4-13-3-2-10-20-13/h2-3,10H,4-9,11H2,1H3,(H,15,19). The lowest BCUT2D eigenvalue weighted by Crippen LogP contribution is -2.50. The van der Waals surface area contributed by atoms with E-state index in [1.165, 1.54) is 4.88 Å². The van der Waals surface area contributed by atoms with Crippen molar-refractivity contribution in [1.82, 2.24) is 15.1 Å². The molecule has 0 aliphatic carbocycles. The van der Waals surface area contributed by atoms with Gasteiger partial charge in [-0.3, -0.25) is 14.5 Å². The van der Waals surface area contributed by atoms with E-state index in [1.54, 1.807) is 18.3 Å². The lowest BCUT2D eigenvalue weighted by atomic mass is 10.3. The van der Waals surface area contributed by atoms with E-state index in [2.05, 4.69) is 16.3 Å². The van der Waals surface area contributed by atoms with Gasteiger partial charge in [0.15, 0.2) is 0 Å². The Balaban J connectivity index is 1.61. The quantitative estimate of drug-likeness (QED) is 0.864. The zero-order valence-electron chi connectivity index (χ0n) is 11.8. The molecule has 0 unspecified atom stereocenters. The molecule has 5 nitrogen and oxygen atoms in total. The Bertz CT molecular complexity index is 439. The highest BCUT2D eigenvalue weighted by molar-refractivity contribution is 7.09. The van der Waals surface area contributed by atoms with Gasteiger partial charge in [0, 0.05) is 44.5 Å². The van der Waals surface area contributed by atoms with Crippen molar-refractivity contribution in [2.45, 2.75) is 13.3 Å². The molecule has 0 atom stereocenters. The number of amides is 2. The molecule has 6 heteroatoms. The van der Waals surface area contributed by atoms with Gasteiger partial charge in [-0.25, -0.2) is 0 Å². The zero-order valence-corrected chi connectivity index (χ0v) is 12.6. The number of nitrogens with one attached hydrogen (secondary N) is 1. The van der Waals surface area contributed by atoms with Crippen LogP contribution in [0.5, 0.6) is 0 Å². The first-order valence-corrected chi connectivity index (χ1v) is 7.80. The van der Waals surface area contributed by atoms with E-state index in [0.29, 0.717) is 13.1 Å². The van der Waals surface area contributed by atoms with Gasteiger partial charge in [-0.05, 0) is 17.9 Å². The van der Waals surface area contributed by atoms with Crippen LogP contribution in [0.15, 0.2) is 17.5 Å². The third-order valence-electron chi connectivity index (χ3n) is 3.46. The smallest absolute Gasteiger partial charge is 0.234 e. The molecule has 20 heavy (non-hydrogen) atoms. The SMILES string of the molecule is CC(=O)N1CCN(CC(=O)NCCc2cccs2)CC1. The van der Waals surface area contributed by atoms with Crippen molar-refractivity contribution in [1.29, 1.82) is 0 Å². The van der Waals surface area contributed by atoms with E-state index in [1.807, 2.05) is 16.3 Å². The molecule has 2 rings (SSSR count). The molecule has 1 aliphatic rings. The van der Waals surface area contributed by atoms with Crippen molar-refractivity contribution in [3.63, 3.8) is 0 Å². The van der Waals surface area contributed by atoms with Crippen LogP contribution in [-0.4, -0.2) is 60.9 Å². The number of carbonyl (C=O) groups excluding carboxylic acids is 2. The lowest BCUT2D eigenvalue weighted by Gasteiger charge is -2.33. The van der Waals surface area contributed by atoms with Gasteiger partial charge in [-0.1, -0.05) is 6.07 Å². The summed E-state index contributed by atoms with van der Waals surface area (Å²) in [6.07, 6.45) is 0.890. The molecule has 0 spiro atoms. The zero-order chi connectivity index (χ0) is 14.4. The van der Waals surface area contributed by atoms with Crippen molar-refractivity contribution < 1.29 is 9.59 Å². The van der Waals surface area contributed by atoms with Crippen molar-refractivity contribution in [3.05, 3.63) is 22.4 Å². The molecule has 1 aromatic heterocycles. The van der Waals surface area contributed by atoms with Crippen LogP contribution in [0, 0.1) is 0 Å². The van der Waals surface area contributed by atoms with Gasteiger partial charge in [-0.2, -0.15) is 0 Å². The van der Waals surface area contributed by atoms with Crippen molar-refractivity contribution in [3.8, 4) is 0 Å². The molecule has 0 saturated carbocycles. The van der Waals surface area contributed by atoms with Crippen LogP contribution in [0.1, 0.15) is 11.8 Å². The lowest BCUT2D eigenvalue weighted by molar-refractivity contribution is -0.131. The van der Waals surface area contributed by atoms with Gasteiger partial charge in [0.1, 0.15) is 0 Å². The predicted octanol–water partition coefficient (Wildman–Crippen LogP) is 0.571. The molecule has 110 valence electrons. The number of nitrogens with zero attached hydrogens (tertiary/aromatic N) is 2. The summed E-state index contributed by atoms with van der Waals surface area (Å²) in [5, 5.41) is 5.00. The Morgan fingerprint density at radius 1 is 1.30 bits per heavy atom. The Hall–Kier alpha value is -1.40. The Morgan fingerprint density at radius 2 is 2.05 bits per heavy atom. The maximum Gasteiger partial charge on any atom is 0.234 e. The average molecular weight is 295 g/mol. The van der Waals surface area contributed by atoms with Crippen molar-refractivity contribution in [2.75, 3.05) is 39.3 Å². The fourth-order valence-electron chi connectivity index (χ4n) is 2.26. The molecule has 1 N–H and O–H groups in total. The van der Waals surface area contributed by atoms with Gasteiger partial charge in [0.05, 0.1) is 6.54 Å². The summed E-state index contributed by atoms with van der Waals surface area (Å²) in [6.45, 7) is 5.70. The molecular formula is C14H21N3O2S. The first-order valence-electron chi connectivity index (χ1n) is 6.92. The van der Waals surface area contributed by atoms with Crippen LogP contribution >= 0.6 is 11.3 Å². The summed E-state index contributed by atoms with van der Waals surface area (Å²) in [5.74, 6) is 0.183. The Labute approximate surface area is 123 Å². The molecule has 0 aromatic carbocycles. The van der Waals surface area contributed by atoms with Gasteiger partial charge in [0.2, 0.25) is 11.8 Å². The van der Waals surface area contributed by atoms with E-state index < -0.39 is 0 Å². The average Bonchev–Trinajstić information content (AvgIpc) is 2.92. The highest BCUT2D eigenvalue weighted by Gasteiger charge is 2.19. The van der Waals surface area contributed by atoms with Crippen LogP contribution in [0.2, 0.25) is 0 Å². The maximum absolute atomic E-state index is 11.8. The minimum Gasteiger partial charge on any atom is -0.355 e. The first kappa shape index (κ1) is 15.0. The second-order valence-corrected chi connectivity index (χ2v) is 5.99. The predicted molar refractivity (Wildman–Crippen MR) is 79.7 cm³/mol. The number of thiophene rings is 1. The van der Waals surface area contributed by atoms with Gasteiger partial charge >= 0.3 is 0 Å². The summed E-state index contributed by atoms with van der Waals surface area (Å²) in [6, 6.07) is 4.11. The number of piperazine rings is 1. The van der Waals surface area contributed by atoms with Crippen LogP contribution in [0.25, 0.3) is 0 Å². The van der Waals surface area contributed by atoms with E-state index in [-0.39, 0.29) is 11.8 Å². The third-order valence-corrected chi connectivity index (χ3v) is 4.39. The van der Waals surface area contributed by atoms with E-state index in [4.69, 9.17) is 0 Å². The summed E-state index contributed by atoms with van der Waals surface area (Å²) in [4.78, 5) is 28.2. The van der Waals surface area contributed by atoms with Gasteiger partial charge in [-0.15, -0.1) is 11.3 Å². The third kappa shape index (κ3) is 4.61. The Morgan fingerprint density at radius 3 is 2.65 bits per heavy atom. The second kappa shape index (κ2) is 7.40. The molecule has 1 saturated heterocycles. The molecule has 1 fully saturated rings. The highest BCUT2D eigenvalue weighted by atomic mass is 32.1. The van der Waals surface area contributed by atoms with Crippen LogP contribution in [0.4, 0.5) is 0 Å². The Kier molecular flexibility index (Phi) is 5.55. The summed E-state index contributed by atoms with van der Waals surface area (Å²) >= 11 is 1.71. The van der Waals surface area contributed by atoms with E-state index in [0.717, 1.165) is 32.6 Å². The van der Waals surface area contributed by atoms with Gasteiger partial charge < -0.3 is 10.2 Å². The normalized spacial score (nSPS) is 16.1. The fourth-order valence-corrected chi connectivity index (χ4v) is 2.97. The number of hydrogen-bond acceptors (Lipinski definition) is 4. The summed E-state index contributed by atoms with van der Waals surface area (Å²) < 4.78 is 0. The van der Waals surface area contributed by atoms with Crippen LogP contribution in [-0.2, 0) is 16.0 Å². The molecule has 2 amide bonds. The molecule has 1 aliphatic heterocycles. The number of rotatable bonds is 5. The summed E-state index contributed by atoms with van der Waals surface area (Å²) in [5.41, 5.74) is 0. The first-order chi connectivity index (χ1) is 9.65. The van der Waals surface area contributed by atoms with Crippen LogP contribution < -0.4 is 5.32 Å². The van der Waals surface area contributed by atoms with Crippen LogP contribution in [0.3, 0.4) is 0 Å². The number of hydrogen-bond donors (Lipinski definition) is 1. The summed E-state index contributed by atoms with van der Waals surface area (Å²) in [7, 11) is 0. The minimum atomic E-state index is 0.0674. The topological polar surface area (TPSA) is 52.7 Å². The van der Waals surface area contributed by atoms with Gasteiger partial charge in [0.25, 0.3) is 0 Å². The van der Waals surface area contributed by atoms with Crippen molar-refractivity contribution >= 4 is 23.2 Å². The maximum atomic E-state index is 11.8. The highest BCUT2D eigenvalue weighted by Crippen LogP contribution is 2.08. The van der Waals surface area contributed by atoms with E-state index >= 15 is 0 Å². The largest absolute Gasteiger partial charge is 0.355 e. The molecule has 0 bridgehead atoms. The fraction of sp³-hybridized carbons (Fsp3) is 0.571. The second-order valence-electron chi connectivity index (χ2n) is 4.96. The van der Waals surface area contributed by atoms with E-state index in [9.17, 15) is 9.59 Å². The number of carbonyl (C=O) groups is 2. The monoisotopic (exact) mass is 295 g/mol. The minimum absolute atomic E-state index is 0.0674. The molecular weight excluding hydrogens is 274 g/mol. The molecule has 1 aromatic rings.